The van der Waals surface area contributed by atoms with Crippen molar-refractivity contribution in [2.75, 3.05) is 30.8 Å². The molecule has 1 aromatic heterocycles. The minimum Gasteiger partial charge on any atom is -0.396 e. The van der Waals surface area contributed by atoms with E-state index >= 15 is 0 Å². The third kappa shape index (κ3) is 3.37. The van der Waals surface area contributed by atoms with Crippen LogP contribution in [0.4, 0.5) is 11.6 Å². The molecule has 0 bridgehead atoms. The summed E-state index contributed by atoms with van der Waals surface area (Å²) in [5.41, 5.74) is 0. The summed E-state index contributed by atoms with van der Waals surface area (Å²) < 4.78 is 0. The lowest BCUT2D eigenvalue weighted by Crippen LogP contribution is -2.07. The maximum Gasteiger partial charge on any atom is 0.226 e. The minimum atomic E-state index is 0.113. The van der Waals surface area contributed by atoms with Gasteiger partial charge in [-0.25, -0.2) is 0 Å². The van der Waals surface area contributed by atoms with Crippen molar-refractivity contribution in [1.82, 2.24) is 9.97 Å². The molecule has 0 amide bonds. The predicted octanol–water partition coefficient (Wildman–Crippen LogP) is 1.62. The molecule has 15 heavy (non-hydrogen) atoms. The van der Waals surface area contributed by atoms with Gasteiger partial charge in [0.1, 0.15) is 5.02 Å². The van der Waals surface area contributed by atoms with Crippen LogP contribution in [0.5, 0.6) is 0 Å². The van der Waals surface area contributed by atoms with Gasteiger partial charge in [0.05, 0.1) is 0 Å². The van der Waals surface area contributed by atoms with Gasteiger partial charge in [0.2, 0.25) is 5.28 Å². The maximum absolute atomic E-state index is 8.62. The van der Waals surface area contributed by atoms with Crippen molar-refractivity contribution in [3.05, 3.63) is 10.3 Å². The Labute approximate surface area is 97.8 Å². The fourth-order valence-corrected chi connectivity index (χ4v) is 1.40. The van der Waals surface area contributed by atoms with Gasteiger partial charge in [-0.2, -0.15) is 9.97 Å². The fraction of sp³-hybridized carbons (Fsp3) is 0.500. The van der Waals surface area contributed by atoms with Crippen LogP contribution >= 0.6 is 23.2 Å². The molecule has 1 rings (SSSR count). The van der Waals surface area contributed by atoms with Crippen LogP contribution in [0.2, 0.25) is 10.3 Å². The largest absolute Gasteiger partial charge is 0.396 e. The number of rotatable bonds is 5. The molecule has 7 heteroatoms. The van der Waals surface area contributed by atoms with Crippen molar-refractivity contribution >= 4 is 34.8 Å². The summed E-state index contributed by atoms with van der Waals surface area (Å²) in [7, 11) is 1.70. The Balaban J connectivity index is 2.81. The molecular weight excluding hydrogens is 239 g/mol. The zero-order chi connectivity index (χ0) is 11.3. The van der Waals surface area contributed by atoms with Gasteiger partial charge in [-0.15, -0.1) is 0 Å². The molecule has 1 heterocycles. The number of nitrogens with one attached hydrogen (secondary N) is 2. The second-order valence-corrected chi connectivity index (χ2v) is 3.47. The summed E-state index contributed by atoms with van der Waals surface area (Å²) in [5.74, 6) is 0.942. The first-order valence-corrected chi connectivity index (χ1v) is 5.20. The summed E-state index contributed by atoms with van der Waals surface area (Å²) in [6.45, 7) is 0.690. The third-order valence-electron chi connectivity index (χ3n) is 1.69. The quantitative estimate of drug-likeness (QED) is 0.548. The van der Waals surface area contributed by atoms with Gasteiger partial charge in [0.15, 0.2) is 11.6 Å². The molecule has 0 unspecified atom stereocenters. The first-order valence-electron chi connectivity index (χ1n) is 4.44. The Morgan fingerprint density at radius 2 is 1.93 bits per heavy atom. The van der Waals surface area contributed by atoms with Gasteiger partial charge in [-0.05, 0) is 18.0 Å². The highest BCUT2D eigenvalue weighted by atomic mass is 35.5. The average Bonchev–Trinajstić information content (AvgIpc) is 2.23. The smallest absolute Gasteiger partial charge is 0.226 e. The molecule has 0 saturated heterocycles. The van der Waals surface area contributed by atoms with Crippen molar-refractivity contribution in [2.24, 2.45) is 0 Å². The van der Waals surface area contributed by atoms with Gasteiger partial charge >= 0.3 is 0 Å². The van der Waals surface area contributed by atoms with Crippen LogP contribution in [0, 0.1) is 0 Å². The Kier molecular flexibility index (Phi) is 4.87. The lowest BCUT2D eigenvalue weighted by atomic mass is 10.4. The summed E-state index contributed by atoms with van der Waals surface area (Å²) in [6, 6.07) is 0. The van der Waals surface area contributed by atoms with E-state index in [9.17, 15) is 0 Å². The molecule has 0 fully saturated rings. The number of hydrogen-bond acceptors (Lipinski definition) is 5. The van der Waals surface area contributed by atoms with Crippen LogP contribution in [-0.4, -0.2) is 35.3 Å². The summed E-state index contributed by atoms with van der Waals surface area (Å²) in [5, 5.41) is 14.9. The molecule has 0 aromatic carbocycles. The highest BCUT2D eigenvalue weighted by Gasteiger charge is 2.09. The molecule has 0 aliphatic carbocycles. The topological polar surface area (TPSA) is 70.1 Å². The van der Waals surface area contributed by atoms with E-state index in [1.54, 1.807) is 7.05 Å². The zero-order valence-electron chi connectivity index (χ0n) is 8.22. The molecule has 0 spiro atoms. The summed E-state index contributed by atoms with van der Waals surface area (Å²) in [6.07, 6.45) is 0.618. The van der Waals surface area contributed by atoms with Gasteiger partial charge in [-0.3, -0.25) is 0 Å². The van der Waals surface area contributed by atoms with Crippen molar-refractivity contribution in [3.8, 4) is 0 Å². The van der Waals surface area contributed by atoms with Crippen LogP contribution in [0.15, 0.2) is 0 Å². The van der Waals surface area contributed by atoms with Crippen molar-refractivity contribution in [1.29, 1.82) is 0 Å². The summed E-state index contributed by atoms with van der Waals surface area (Å²) >= 11 is 11.7. The Bertz CT molecular complexity index is 335. The Morgan fingerprint density at radius 1 is 1.27 bits per heavy atom. The second-order valence-electron chi connectivity index (χ2n) is 2.76. The highest BCUT2D eigenvalue weighted by molar-refractivity contribution is 6.36. The normalized spacial score (nSPS) is 10.1. The van der Waals surface area contributed by atoms with E-state index in [-0.39, 0.29) is 11.9 Å². The number of anilines is 2. The van der Waals surface area contributed by atoms with E-state index in [4.69, 9.17) is 28.3 Å². The summed E-state index contributed by atoms with van der Waals surface area (Å²) in [4.78, 5) is 7.84. The molecular formula is C8H12Cl2N4O. The van der Waals surface area contributed by atoms with E-state index in [0.717, 1.165) is 0 Å². The minimum absolute atomic E-state index is 0.113. The molecule has 0 aliphatic heterocycles. The number of aliphatic hydroxyl groups is 1. The van der Waals surface area contributed by atoms with Crippen LogP contribution in [0.25, 0.3) is 0 Å². The molecule has 3 N–H and O–H groups in total. The van der Waals surface area contributed by atoms with Crippen LogP contribution in [-0.2, 0) is 0 Å². The molecule has 0 radical (unpaired) electrons. The van der Waals surface area contributed by atoms with Crippen LogP contribution in [0.1, 0.15) is 6.42 Å². The molecule has 0 aliphatic rings. The van der Waals surface area contributed by atoms with Gasteiger partial charge in [0.25, 0.3) is 0 Å². The van der Waals surface area contributed by atoms with E-state index < -0.39 is 0 Å². The number of aromatic nitrogens is 2. The number of aliphatic hydroxyl groups excluding tert-OH is 1. The van der Waals surface area contributed by atoms with Crippen LogP contribution in [0.3, 0.4) is 0 Å². The van der Waals surface area contributed by atoms with Crippen LogP contribution < -0.4 is 10.6 Å². The van der Waals surface area contributed by atoms with Crippen molar-refractivity contribution in [3.63, 3.8) is 0 Å². The molecule has 0 saturated carbocycles. The Morgan fingerprint density at radius 3 is 2.53 bits per heavy atom. The fourth-order valence-electron chi connectivity index (χ4n) is 0.988. The van der Waals surface area contributed by atoms with E-state index in [0.29, 0.717) is 29.6 Å². The third-order valence-corrected chi connectivity index (χ3v) is 2.22. The SMILES string of the molecule is CNc1nc(Cl)nc(NCCCO)c1Cl. The lowest BCUT2D eigenvalue weighted by molar-refractivity contribution is 0.292. The van der Waals surface area contributed by atoms with E-state index in [1.165, 1.54) is 0 Å². The van der Waals surface area contributed by atoms with Gasteiger partial charge in [-0.1, -0.05) is 11.6 Å². The Hall–Kier alpha value is -0.780. The number of halogens is 2. The van der Waals surface area contributed by atoms with Gasteiger partial charge in [0, 0.05) is 20.2 Å². The zero-order valence-corrected chi connectivity index (χ0v) is 9.73. The van der Waals surface area contributed by atoms with E-state index in [1.807, 2.05) is 0 Å². The van der Waals surface area contributed by atoms with E-state index in [2.05, 4.69) is 20.6 Å². The molecule has 0 atom stereocenters. The molecule has 5 nitrogen and oxygen atoms in total. The monoisotopic (exact) mass is 250 g/mol. The lowest BCUT2D eigenvalue weighted by Gasteiger charge is -2.09. The maximum atomic E-state index is 8.62. The average molecular weight is 251 g/mol. The number of nitrogens with zero attached hydrogens (tertiary/aromatic N) is 2. The predicted molar refractivity (Wildman–Crippen MR) is 61.8 cm³/mol. The highest BCUT2D eigenvalue weighted by Crippen LogP contribution is 2.27. The van der Waals surface area contributed by atoms with Gasteiger partial charge < -0.3 is 15.7 Å². The second kappa shape index (κ2) is 5.95. The first-order chi connectivity index (χ1) is 7.19. The van der Waals surface area contributed by atoms with Crippen molar-refractivity contribution < 1.29 is 5.11 Å². The standard InChI is InChI=1S/C8H12Cl2N4O/c1-11-6-5(9)7(12-3-2-4-15)14-8(10)13-6/h15H,2-4H2,1H3,(H2,11,12,13,14). The molecule has 84 valence electrons. The number of hydrogen-bond donors (Lipinski definition) is 3. The first kappa shape index (κ1) is 12.3. The van der Waals surface area contributed by atoms with Crippen molar-refractivity contribution in [2.45, 2.75) is 6.42 Å². The molecule has 1 aromatic rings.